The van der Waals surface area contributed by atoms with Crippen molar-refractivity contribution >= 4 is 21.0 Å². The predicted octanol–water partition coefficient (Wildman–Crippen LogP) is 3.38. The van der Waals surface area contributed by atoms with Gasteiger partial charge in [-0.2, -0.15) is 8.42 Å². The summed E-state index contributed by atoms with van der Waals surface area (Å²) in [6.45, 7) is 1.89. The lowest BCUT2D eigenvalue weighted by molar-refractivity contribution is 0.482. The van der Waals surface area contributed by atoms with Crippen molar-refractivity contribution in [3.05, 3.63) is 71.4 Å². The second-order valence-electron chi connectivity index (χ2n) is 5.25. The van der Waals surface area contributed by atoms with E-state index in [0.717, 1.165) is 22.0 Å². The van der Waals surface area contributed by atoms with Crippen molar-refractivity contribution in [1.29, 1.82) is 0 Å². The first kappa shape index (κ1) is 14.7. The molecule has 0 aliphatic heterocycles. The van der Waals surface area contributed by atoms with Gasteiger partial charge in [0, 0.05) is 11.6 Å². The van der Waals surface area contributed by atoms with E-state index in [-0.39, 0.29) is 4.90 Å². The van der Waals surface area contributed by atoms with Crippen molar-refractivity contribution < 1.29 is 13.0 Å². The van der Waals surface area contributed by atoms with Crippen molar-refractivity contribution in [2.75, 3.05) is 0 Å². The van der Waals surface area contributed by atoms with Gasteiger partial charge in [-0.3, -0.25) is 9.54 Å². The molecule has 1 heterocycles. The number of fused-ring (bicyclic) bond motifs is 1. The largest absolute Gasteiger partial charge is 0.294 e. The van der Waals surface area contributed by atoms with Crippen LogP contribution in [0.5, 0.6) is 0 Å². The number of pyridine rings is 1. The molecule has 112 valence electrons. The first-order valence-electron chi connectivity index (χ1n) is 6.85. The zero-order valence-corrected chi connectivity index (χ0v) is 12.8. The summed E-state index contributed by atoms with van der Waals surface area (Å²) in [4.78, 5) is 4.26. The topological polar surface area (TPSA) is 67.3 Å². The Labute approximate surface area is 129 Å². The van der Waals surface area contributed by atoms with Gasteiger partial charge in [-0.15, -0.1) is 0 Å². The molecule has 0 radical (unpaired) electrons. The Kier molecular flexibility index (Phi) is 3.68. The molecule has 0 amide bonds. The maximum Gasteiger partial charge on any atom is 0.294 e. The fourth-order valence-electron chi connectivity index (χ4n) is 2.61. The van der Waals surface area contributed by atoms with E-state index >= 15 is 0 Å². The lowest BCUT2D eigenvalue weighted by Crippen LogP contribution is -2.04. The van der Waals surface area contributed by atoms with Crippen LogP contribution >= 0.6 is 0 Å². The van der Waals surface area contributed by atoms with Gasteiger partial charge in [0.05, 0.1) is 10.4 Å². The maximum atomic E-state index is 11.6. The number of rotatable bonds is 3. The molecule has 0 atom stereocenters. The van der Waals surface area contributed by atoms with Crippen molar-refractivity contribution in [2.45, 2.75) is 18.2 Å². The number of hydrogen-bond acceptors (Lipinski definition) is 3. The van der Waals surface area contributed by atoms with E-state index in [0.29, 0.717) is 12.0 Å². The van der Waals surface area contributed by atoms with Crippen LogP contribution in [0.15, 0.2) is 59.6 Å². The number of aryl methyl sites for hydroxylation is 1. The molecule has 2 aromatic carbocycles. The molecule has 0 bridgehead atoms. The number of hydrogen-bond donors (Lipinski definition) is 1. The molecule has 3 aromatic rings. The minimum atomic E-state index is -4.24. The van der Waals surface area contributed by atoms with Crippen molar-refractivity contribution in [3.8, 4) is 0 Å². The van der Waals surface area contributed by atoms with Crippen LogP contribution in [0.1, 0.15) is 16.7 Å². The van der Waals surface area contributed by atoms with Crippen LogP contribution in [-0.4, -0.2) is 18.0 Å². The van der Waals surface area contributed by atoms with Crippen LogP contribution in [0, 0.1) is 6.92 Å². The molecular weight excluding hydrogens is 298 g/mol. The van der Waals surface area contributed by atoms with Crippen molar-refractivity contribution in [3.63, 3.8) is 0 Å². The summed E-state index contributed by atoms with van der Waals surface area (Å²) in [7, 11) is -4.24. The number of nitrogens with zero attached hydrogens (tertiary/aromatic N) is 1. The summed E-state index contributed by atoms with van der Waals surface area (Å²) in [6.07, 6.45) is 2.13. The van der Waals surface area contributed by atoms with E-state index in [2.05, 4.69) is 4.98 Å². The predicted molar refractivity (Wildman–Crippen MR) is 85.5 cm³/mol. The van der Waals surface area contributed by atoms with Gasteiger partial charge in [0.2, 0.25) is 0 Å². The minimum absolute atomic E-state index is 0.0426. The third-order valence-corrected chi connectivity index (χ3v) is 4.57. The molecule has 0 aliphatic rings. The smallest absolute Gasteiger partial charge is 0.282 e. The first-order valence-corrected chi connectivity index (χ1v) is 8.29. The Bertz CT molecular complexity index is 944. The summed E-state index contributed by atoms with van der Waals surface area (Å²) in [5.74, 6) is 0. The molecule has 0 fully saturated rings. The van der Waals surface area contributed by atoms with Crippen LogP contribution < -0.4 is 0 Å². The molecule has 1 N–H and O–H groups in total. The second kappa shape index (κ2) is 5.51. The monoisotopic (exact) mass is 313 g/mol. The number of para-hydroxylation sites is 1. The van der Waals surface area contributed by atoms with E-state index in [4.69, 9.17) is 0 Å². The number of aromatic nitrogens is 1. The Hall–Kier alpha value is -2.24. The highest BCUT2D eigenvalue weighted by Gasteiger charge is 2.16. The van der Waals surface area contributed by atoms with Gasteiger partial charge in [-0.25, -0.2) is 0 Å². The molecule has 0 spiro atoms. The summed E-state index contributed by atoms with van der Waals surface area (Å²) in [5, 5.41) is 0.979. The van der Waals surface area contributed by atoms with Gasteiger partial charge in [0.25, 0.3) is 10.1 Å². The van der Waals surface area contributed by atoms with E-state index in [1.807, 2.05) is 37.3 Å². The quantitative estimate of drug-likeness (QED) is 0.753. The molecule has 3 rings (SSSR count). The van der Waals surface area contributed by atoms with Gasteiger partial charge < -0.3 is 0 Å². The van der Waals surface area contributed by atoms with Crippen LogP contribution in [0.2, 0.25) is 0 Å². The molecule has 0 saturated heterocycles. The third kappa shape index (κ3) is 2.86. The Morgan fingerprint density at radius 1 is 1.05 bits per heavy atom. The summed E-state index contributed by atoms with van der Waals surface area (Å²) >= 11 is 0. The lowest BCUT2D eigenvalue weighted by Gasteiger charge is -2.10. The van der Waals surface area contributed by atoms with Crippen molar-refractivity contribution in [2.24, 2.45) is 0 Å². The molecule has 0 aliphatic carbocycles. The zero-order chi connectivity index (χ0) is 15.7. The number of benzene rings is 2. The fourth-order valence-corrected chi connectivity index (χ4v) is 3.31. The van der Waals surface area contributed by atoms with Gasteiger partial charge in [0.15, 0.2) is 0 Å². The molecular formula is C17H15NO3S. The Morgan fingerprint density at radius 2 is 1.82 bits per heavy atom. The van der Waals surface area contributed by atoms with Crippen molar-refractivity contribution in [1.82, 2.24) is 4.98 Å². The van der Waals surface area contributed by atoms with Gasteiger partial charge in [-0.05, 0) is 42.7 Å². The highest BCUT2D eigenvalue weighted by Crippen LogP contribution is 2.24. The van der Waals surface area contributed by atoms with Crippen LogP contribution in [0.3, 0.4) is 0 Å². The van der Waals surface area contributed by atoms with Gasteiger partial charge in [0.1, 0.15) is 0 Å². The Morgan fingerprint density at radius 3 is 2.59 bits per heavy atom. The van der Waals surface area contributed by atoms with E-state index in [1.54, 1.807) is 18.3 Å². The summed E-state index contributed by atoms with van der Waals surface area (Å²) in [5.41, 5.74) is 3.36. The van der Waals surface area contributed by atoms with E-state index in [9.17, 15) is 13.0 Å². The maximum absolute atomic E-state index is 11.6. The summed E-state index contributed by atoms with van der Waals surface area (Å²) in [6, 6.07) is 14.5. The Balaban J connectivity index is 2.15. The normalized spacial score (nSPS) is 11.7. The fraction of sp³-hybridized carbons (Fsp3) is 0.118. The summed E-state index contributed by atoms with van der Waals surface area (Å²) < 4.78 is 32.5. The standard InChI is InChI=1S/C17H15NO3S/c1-12-6-7-17(22(19,20)21)14(10-12)11-13-8-9-18-16-5-3-2-4-15(13)16/h2-10H,11H2,1H3,(H,19,20,21). The van der Waals surface area contributed by atoms with E-state index in [1.165, 1.54) is 6.07 Å². The van der Waals surface area contributed by atoms with Crippen LogP contribution in [-0.2, 0) is 16.5 Å². The van der Waals surface area contributed by atoms with E-state index < -0.39 is 10.1 Å². The van der Waals surface area contributed by atoms with Crippen LogP contribution in [0.25, 0.3) is 10.9 Å². The highest BCUT2D eigenvalue weighted by atomic mass is 32.2. The molecule has 0 unspecified atom stereocenters. The minimum Gasteiger partial charge on any atom is -0.282 e. The third-order valence-electron chi connectivity index (χ3n) is 3.61. The highest BCUT2D eigenvalue weighted by molar-refractivity contribution is 7.85. The first-order chi connectivity index (χ1) is 10.4. The average Bonchev–Trinajstić information content (AvgIpc) is 2.46. The molecule has 0 saturated carbocycles. The van der Waals surface area contributed by atoms with Gasteiger partial charge in [-0.1, -0.05) is 35.9 Å². The molecule has 4 nitrogen and oxygen atoms in total. The molecule has 5 heteroatoms. The SMILES string of the molecule is Cc1ccc(S(=O)(=O)O)c(Cc2ccnc3ccccc23)c1. The molecule has 1 aromatic heterocycles. The average molecular weight is 313 g/mol. The van der Waals surface area contributed by atoms with Crippen LogP contribution in [0.4, 0.5) is 0 Å². The van der Waals surface area contributed by atoms with Gasteiger partial charge >= 0.3 is 0 Å². The lowest BCUT2D eigenvalue weighted by atomic mass is 10.00. The molecule has 22 heavy (non-hydrogen) atoms. The zero-order valence-electron chi connectivity index (χ0n) is 12.0. The second-order valence-corrected chi connectivity index (χ2v) is 6.64.